The fraction of sp³-hybridized carbons (Fsp3) is 0.308. The molecule has 0 spiro atoms. The molecule has 18 heavy (non-hydrogen) atoms. The molecule has 0 aromatic heterocycles. The van der Waals surface area contributed by atoms with E-state index in [2.05, 4.69) is 4.85 Å². The second-order valence-electron chi connectivity index (χ2n) is 3.61. The predicted molar refractivity (Wildman–Crippen MR) is 66.7 cm³/mol. The van der Waals surface area contributed by atoms with Crippen LogP contribution in [-0.2, 0) is 16.0 Å². The van der Waals surface area contributed by atoms with E-state index in [1.807, 2.05) is 0 Å². The number of nitriles is 1. The molecule has 0 fully saturated rings. The largest absolute Gasteiger partial charge is 0.459 e. The van der Waals surface area contributed by atoms with Gasteiger partial charge in [0.15, 0.2) is 6.07 Å². The zero-order valence-corrected chi connectivity index (χ0v) is 10.6. The van der Waals surface area contributed by atoms with E-state index in [1.54, 1.807) is 37.3 Å². The summed E-state index contributed by atoms with van der Waals surface area (Å²) in [5.74, 6) is -0.808. The van der Waals surface area contributed by atoms with Gasteiger partial charge in [-0.1, -0.05) is 23.7 Å². The third-order valence-corrected chi connectivity index (χ3v) is 2.61. The third kappa shape index (κ3) is 3.00. The topological polar surface area (TPSA) is 54.5 Å². The summed E-state index contributed by atoms with van der Waals surface area (Å²) in [5, 5.41) is 9.65. The monoisotopic (exact) mass is 262 g/mol. The van der Waals surface area contributed by atoms with Gasteiger partial charge in [0, 0.05) is 5.02 Å². The highest BCUT2D eigenvalue weighted by molar-refractivity contribution is 6.30. The normalized spacial score (nSPS) is 12.9. The zero-order chi connectivity index (χ0) is 13.6. The van der Waals surface area contributed by atoms with Crippen LogP contribution in [0.4, 0.5) is 0 Å². The van der Waals surface area contributed by atoms with E-state index in [0.717, 1.165) is 0 Å². The van der Waals surface area contributed by atoms with Gasteiger partial charge in [-0.15, -0.1) is 0 Å². The molecule has 0 N–H and O–H groups in total. The summed E-state index contributed by atoms with van der Waals surface area (Å²) < 4.78 is 4.78. The van der Waals surface area contributed by atoms with Crippen LogP contribution in [-0.4, -0.2) is 18.1 Å². The first kappa shape index (κ1) is 14.0. The fourth-order valence-electron chi connectivity index (χ4n) is 1.42. The molecule has 0 amide bonds. The average molecular weight is 263 g/mol. The molecule has 0 aliphatic heterocycles. The summed E-state index contributed by atoms with van der Waals surface area (Å²) >= 11 is 5.75. The van der Waals surface area contributed by atoms with Crippen molar-refractivity contribution in [3.8, 4) is 6.07 Å². The molecule has 0 heterocycles. The van der Waals surface area contributed by atoms with Crippen molar-refractivity contribution < 1.29 is 9.53 Å². The molecule has 1 aromatic rings. The number of rotatable bonds is 4. The van der Waals surface area contributed by atoms with E-state index in [-0.39, 0.29) is 13.0 Å². The summed E-state index contributed by atoms with van der Waals surface area (Å²) in [6.07, 6.45) is -0.0109. The minimum atomic E-state index is -1.82. The Bertz CT molecular complexity index is 497. The summed E-state index contributed by atoms with van der Waals surface area (Å²) in [5.41, 5.74) is -1.13. The maximum absolute atomic E-state index is 11.7. The van der Waals surface area contributed by atoms with Gasteiger partial charge in [0.1, 0.15) is 0 Å². The minimum Gasteiger partial charge on any atom is -0.459 e. The third-order valence-electron chi connectivity index (χ3n) is 2.36. The Labute approximate surface area is 111 Å². The molecular formula is C13H11ClN2O2. The number of carbonyl (C=O) groups is 1. The van der Waals surface area contributed by atoms with Gasteiger partial charge in [0.2, 0.25) is 0 Å². The molecule has 1 rings (SSSR count). The summed E-state index contributed by atoms with van der Waals surface area (Å²) in [6, 6.07) is 8.40. The van der Waals surface area contributed by atoms with Crippen molar-refractivity contribution in [2.24, 2.45) is 0 Å². The standard InChI is InChI=1S/C13H11ClN2O2/c1-3-18-12(17)13(9-15,16-2)8-10-4-6-11(14)7-5-10/h4-7H,3,8H2,1H3. The van der Waals surface area contributed by atoms with Crippen molar-refractivity contribution in [1.29, 1.82) is 5.26 Å². The molecule has 1 aromatic carbocycles. The van der Waals surface area contributed by atoms with Crippen molar-refractivity contribution in [2.45, 2.75) is 18.9 Å². The van der Waals surface area contributed by atoms with Crippen molar-refractivity contribution in [3.05, 3.63) is 46.3 Å². The first-order valence-electron chi connectivity index (χ1n) is 5.29. The molecule has 0 radical (unpaired) electrons. The average Bonchev–Trinajstić information content (AvgIpc) is 2.38. The van der Waals surface area contributed by atoms with Gasteiger partial charge < -0.3 is 4.74 Å². The van der Waals surface area contributed by atoms with Crippen LogP contribution < -0.4 is 0 Å². The van der Waals surface area contributed by atoms with Crippen LogP contribution >= 0.6 is 11.6 Å². The molecule has 0 bridgehead atoms. The SMILES string of the molecule is [C-]#[N+]C(C#N)(Cc1ccc(Cl)cc1)C(=O)OCC. The Balaban J connectivity index is 3.01. The minimum absolute atomic E-state index is 0.0109. The fourth-order valence-corrected chi connectivity index (χ4v) is 1.54. The van der Waals surface area contributed by atoms with Crippen LogP contribution in [0, 0.1) is 17.9 Å². The van der Waals surface area contributed by atoms with Crippen LogP contribution in [0.2, 0.25) is 5.02 Å². The molecule has 0 saturated carbocycles. The second-order valence-corrected chi connectivity index (χ2v) is 4.04. The number of hydrogen-bond donors (Lipinski definition) is 0. The van der Waals surface area contributed by atoms with E-state index < -0.39 is 11.5 Å². The zero-order valence-electron chi connectivity index (χ0n) is 9.81. The van der Waals surface area contributed by atoms with Gasteiger partial charge in [-0.3, -0.25) is 4.85 Å². The highest BCUT2D eigenvalue weighted by atomic mass is 35.5. The molecular weight excluding hydrogens is 252 g/mol. The smallest absolute Gasteiger partial charge is 0.413 e. The van der Waals surface area contributed by atoms with Gasteiger partial charge in [0.05, 0.1) is 13.0 Å². The van der Waals surface area contributed by atoms with E-state index in [9.17, 15) is 4.79 Å². The number of esters is 1. The van der Waals surface area contributed by atoms with Crippen LogP contribution in [0.1, 0.15) is 12.5 Å². The Morgan fingerprint density at radius 2 is 2.17 bits per heavy atom. The van der Waals surface area contributed by atoms with Gasteiger partial charge >= 0.3 is 11.5 Å². The van der Waals surface area contributed by atoms with E-state index in [0.29, 0.717) is 10.6 Å². The summed E-state index contributed by atoms with van der Waals surface area (Å²) in [6.45, 7) is 8.85. The maximum Gasteiger partial charge on any atom is 0.413 e. The molecule has 1 unspecified atom stereocenters. The lowest BCUT2D eigenvalue weighted by molar-refractivity contribution is -0.145. The van der Waals surface area contributed by atoms with Crippen LogP contribution in [0.3, 0.4) is 0 Å². The number of ether oxygens (including phenoxy) is 1. The molecule has 1 atom stereocenters. The molecule has 5 heteroatoms. The number of nitrogens with zero attached hydrogens (tertiary/aromatic N) is 2. The quantitative estimate of drug-likeness (QED) is 0.619. The number of benzene rings is 1. The van der Waals surface area contributed by atoms with Gasteiger partial charge in [-0.05, 0) is 24.6 Å². The lowest BCUT2D eigenvalue weighted by atomic mass is 9.93. The predicted octanol–water partition coefficient (Wildman–Crippen LogP) is 2.63. The molecule has 0 saturated heterocycles. The van der Waals surface area contributed by atoms with Crippen molar-refractivity contribution in [2.75, 3.05) is 6.61 Å². The van der Waals surface area contributed by atoms with E-state index in [4.69, 9.17) is 28.2 Å². The molecule has 92 valence electrons. The Kier molecular flexibility index (Phi) is 4.71. The summed E-state index contributed by atoms with van der Waals surface area (Å²) in [7, 11) is 0. The first-order valence-corrected chi connectivity index (χ1v) is 5.67. The van der Waals surface area contributed by atoms with Crippen molar-refractivity contribution >= 4 is 17.6 Å². The summed E-state index contributed by atoms with van der Waals surface area (Å²) in [4.78, 5) is 14.9. The lowest BCUT2D eigenvalue weighted by Gasteiger charge is -2.12. The molecule has 4 nitrogen and oxygen atoms in total. The Hall–Kier alpha value is -2.04. The maximum atomic E-state index is 11.7. The van der Waals surface area contributed by atoms with Crippen molar-refractivity contribution in [3.63, 3.8) is 0 Å². The molecule has 0 aliphatic rings. The first-order chi connectivity index (χ1) is 8.57. The Morgan fingerprint density at radius 1 is 1.56 bits per heavy atom. The highest BCUT2D eigenvalue weighted by Crippen LogP contribution is 2.21. The van der Waals surface area contributed by atoms with Gasteiger partial charge in [0.25, 0.3) is 0 Å². The van der Waals surface area contributed by atoms with Crippen LogP contribution in [0.15, 0.2) is 24.3 Å². The lowest BCUT2D eigenvalue weighted by Crippen LogP contribution is -2.37. The van der Waals surface area contributed by atoms with Gasteiger partial charge in [-0.2, -0.15) is 5.26 Å². The number of carbonyl (C=O) groups excluding carboxylic acids is 1. The van der Waals surface area contributed by atoms with Gasteiger partial charge in [-0.25, -0.2) is 11.4 Å². The van der Waals surface area contributed by atoms with Crippen LogP contribution in [0.5, 0.6) is 0 Å². The Morgan fingerprint density at radius 3 is 2.61 bits per heavy atom. The van der Waals surface area contributed by atoms with E-state index >= 15 is 0 Å². The highest BCUT2D eigenvalue weighted by Gasteiger charge is 2.48. The number of hydrogen-bond acceptors (Lipinski definition) is 3. The van der Waals surface area contributed by atoms with Crippen LogP contribution in [0.25, 0.3) is 4.85 Å². The van der Waals surface area contributed by atoms with Crippen molar-refractivity contribution in [1.82, 2.24) is 0 Å². The van der Waals surface area contributed by atoms with E-state index in [1.165, 1.54) is 0 Å². The number of halogens is 1. The second kappa shape index (κ2) is 6.05. The molecule has 0 aliphatic carbocycles.